The van der Waals surface area contributed by atoms with Crippen LogP contribution < -0.4 is 10.1 Å². The lowest BCUT2D eigenvalue weighted by Gasteiger charge is -2.15. The van der Waals surface area contributed by atoms with E-state index in [0.717, 1.165) is 21.3 Å². The number of benzene rings is 1. The molecule has 0 saturated heterocycles. The molecular formula is C13H13Cl2NOS. The number of halogens is 2. The Morgan fingerprint density at radius 2 is 1.89 bits per heavy atom. The van der Waals surface area contributed by atoms with Crippen molar-refractivity contribution >= 4 is 40.2 Å². The van der Waals surface area contributed by atoms with Gasteiger partial charge >= 0.3 is 0 Å². The Hall–Kier alpha value is -0.900. The molecule has 0 aliphatic rings. The fourth-order valence-electron chi connectivity index (χ4n) is 1.66. The van der Waals surface area contributed by atoms with Crippen molar-refractivity contribution in [2.75, 3.05) is 12.4 Å². The molecule has 1 atom stereocenters. The molecule has 1 heterocycles. The summed E-state index contributed by atoms with van der Waals surface area (Å²) < 4.78 is 6.55. The minimum Gasteiger partial charge on any atom is -0.497 e. The second-order valence-corrected chi connectivity index (χ2v) is 6.16. The van der Waals surface area contributed by atoms with Crippen LogP contribution in [0, 0.1) is 0 Å². The van der Waals surface area contributed by atoms with Crippen LogP contribution in [0.25, 0.3) is 0 Å². The fraction of sp³-hybridized carbons (Fsp3) is 0.231. The first-order valence-corrected chi connectivity index (χ1v) is 7.02. The van der Waals surface area contributed by atoms with Crippen LogP contribution in [0.2, 0.25) is 8.67 Å². The minimum atomic E-state index is 0.106. The number of anilines is 1. The Morgan fingerprint density at radius 1 is 1.22 bits per heavy atom. The van der Waals surface area contributed by atoms with Gasteiger partial charge in [0.1, 0.15) is 5.75 Å². The van der Waals surface area contributed by atoms with Gasteiger partial charge in [-0.25, -0.2) is 0 Å². The third kappa shape index (κ3) is 3.10. The molecule has 0 bridgehead atoms. The topological polar surface area (TPSA) is 21.3 Å². The number of thiophene rings is 1. The molecular weight excluding hydrogens is 289 g/mol. The zero-order valence-electron chi connectivity index (χ0n) is 10.0. The lowest BCUT2D eigenvalue weighted by Crippen LogP contribution is -2.05. The van der Waals surface area contributed by atoms with Crippen LogP contribution in [0.15, 0.2) is 30.3 Å². The van der Waals surface area contributed by atoms with Gasteiger partial charge in [-0.3, -0.25) is 0 Å². The standard InChI is InChI=1S/C13H13Cl2NOS/c1-8(11-7-12(14)18-13(11)15)16-9-3-5-10(17-2)6-4-9/h3-8,16H,1-2H3. The summed E-state index contributed by atoms with van der Waals surface area (Å²) in [5.74, 6) is 0.838. The molecule has 0 aliphatic carbocycles. The minimum absolute atomic E-state index is 0.106. The van der Waals surface area contributed by atoms with Gasteiger partial charge in [0.05, 0.1) is 21.8 Å². The predicted octanol–water partition coefficient (Wildman–Crippen LogP) is 5.24. The van der Waals surface area contributed by atoms with E-state index in [4.69, 9.17) is 27.9 Å². The average molecular weight is 302 g/mol. The normalized spacial score (nSPS) is 12.2. The molecule has 0 amide bonds. The zero-order valence-corrected chi connectivity index (χ0v) is 12.4. The van der Waals surface area contributed by atoms with E-state index in [1.54, 1.807) is 7.11 Å². The van der Waals surface area contributed by atoms with Gasteiger partial charge in [0.2, 0.25) is 0 Å². The number of ether oxygens (including phenoxy) is 1. The summed E-state index contributed by atoms with van der Waals surface area (Å²) in [5, 5.41) is 3.37. The molecule has 0 fully saturated rings. The quantitative estimate of drug-likeness (QED) is 0.834. The third-order valence-electron chi connectivity index (χ3n) is 2.62. The van der Waals surface area contributed by atoms with Crippen LogP contribution in [0.1, 0.15) is 18.5 Å². The fourth-order valence-corrected chi connectivity index (χ4v) is 3.31. The molecule has 1 N–H and O–H groups in total. The molecule has 2 aromatic rings. The first-order valence-electron chi connectivity index (χ1n) is 5.45. The predicted molar refractivity (Wildman–Crippen MR) is 79.4 cm³/mol. The molecule has 0 spiro atoms. The number of rotatable bonds is 4. The van der Waals surface area contributed by atoms with E-state index in [1.807, 2.05) is 30.3 Å². The van der Waals surface area contributed by atoms with E-state index in [9.17, 15) is 0 Å². The highest BCUT2D eigenvalue weighted by molar-refractivity contribution is 7.20. The molecule has 96 valence electrons. The van der Waals surface area contributed by atoms with E-state index in [0.29, 0.717) is 4.34 Å². The van der Waals surface area contributed by atoms with Crippen molar-refractivity contribution in [3.63, 3.8) is 0 Å². The molecule has 1 aromatic carbocycles. The van der Waals surface area contributed by atoms with Crippen LogP contribution in [-0.4, -0.2) is 7.11 Å². The summed E-state index contributed by atoms with van der Waals surface area (Å²) in [5.41, 5.74) is 2.03. The number of methoxy groups -OCH3 is 1. The van der Waals surface area contributed by atoms with E-state index in [2.05, 4.69) is 12.2 Å². The summed E-state index contributed by atoms with van der Waals surface area (Å²) in [6.07, 6.45) is 0. The van der Waals surface area contributed by atoms with Crippen molar-refractivity contribution in [2.24, 2.45) is 0 Å². The van der Waals surface area contributed by atoms with Crippen LogP contribution in [0.3, 0.4) is 0 Å². The van der Waals surface area contributed by atoms with Gasteiger partial charge in [-0.1, -0.05) is 23.2 Å². The largest absolute Gasteiger partial charge is 0.497 e. The van der Waals surface area contributed by atoms with Crippen LogP contribution in [-0.2, 0) is 0 Å². The van der Waals surface area contributed by atoms with Crippen molar-refractivity contribution in [1.82, 2.24) is 0 Å². The number of hydrogen-bond donors (Lipinski definition) is 1. The summed E-state index contributed by atoms with van der Waals surface area (Å²) in [6, 6.07) is 9.77. The molecule has 0 aliphatic heterocycles. The van der Waals surface area contributed by atoms with Gasteiger partial charge in [-0.15, -0.1) is 11.3 Å². The summed E-state index contributed by atoms with van der Waals surface area (Å²) in [4.78, 5) is 0. The lowest BCUT2D eigenvalue weighted by atomic mass is 10.1. The van der Waals surface area contributed by atoms with Crippen molar-refractivity contribution in [3.05, 3.63) is 44.6 Å². The SMILES string of the molecule is COc1ccc(NC(C)c2cc(Cl)sc2Cl)cc1. The molecule has 0 radical (unpaired) electrons. The molecule has 2 rings (SSSR count). The Bertz CT molecular complexity index is 524. The maximum atomic E-state index is 6.13. The van der Waals surface area contributed by atoms with Crippen LogP contribution in [0.4, 0.5) is 5.69 Å². The van der Waals surface area contributed by atoms with Gasteiger partial charge in [0.25, 0.3) is 0 Å². The molecule has 5 heteroatoms. The highest BCUT2D eigenvalue weighted by Gasteiger charge is 2.13. The smallest absolute Gasteiger partial charge is 0.119 e. The van der Waals surface area contributed by atoms with Crippen molar-refractivity contribution in [2.45, 2.75) is 13.0 Å². The highest BCUT2D eigenvalue weighted by Crippen LogP contribution is 2.36. The molecule has 18 heavy (non-hydrogen) atoms. The zero-order chi connectivity index (χ0) is 13.1. The highest BCUT2D eigenvalue weighted by atomic mass is 35.5. The third-order valence-corrected chi connectivity index (χ3v) is 4.14. The van der Waals surface area contributed by atoms with E-state index < -0.39 is 0 Å². The Morgan fingerprint density at radius 3 is 2.39 bits per heavy atom. The van der Waals surface area contributed by atoms with Crippen LogP contribution >= 0.6 is 34.5 Å². The maximum absolute atomic E-state index is 6.13. The van der Waals surface area contributed by atoms with Gasteiger partial charge < -0.3 is 10.1 Å². The Labute approximate surface area is 120 Å². The molecule has 1 aromatic heterocycles. The average Bonchev–Trinajstić information content (AvgIpc) is 2.69. The van der Waals surface area contributed by atoms with E-state index in [-0.39, 0.29) is 6.04 Å². The summed E-state index contributed by atoms with van der Waals surface area (Å²) in [6.45, 7) is 2.05. The van der Waals surface area contributed by atoms with Crippen molar-refractivity contribution in [3.8, 4) is 5.75 Å². The van der Waals surface area contributed by atoms with Gasteiger partial charge in [-0.2, -0.15) is 0 Å². The van der Waals surface area contributed by atoms with Crippen LogP contribution in [0.5, 0.6) is 5.75 Å². The van der Waals surface area contributed by atoms with Gasteiger partial charge in [0, 0.05) is 11.3 Å². The lowest BCUT2D eigenvalue weighted by molar-refractivity contribution is 0.415. The summed E-state index contributed by atoms with van der Waals surface area (Å²) in [7, 11) is 1.65. The number of nitrogens with one attached hydrogen (secondary N) is 1. The number of hydrogen-bond acceptors (Lipinski definition) is 3. The maximum Gasteiger partial charge on any atom is 0.119 e. The second kappa shape index (κ2) is 5.83. The van der Waals surface area contributed by atoms with Crippen molar-refractivity contribution < 1.29 is 4.74 Å². The van der Waals surface area contributed by atoms with Gasteiger partial charge in [0.15, 0.2) is 0 Å². The Kier molecular flexibility index (Phi) is 4.38. The van der Waals surface area contributed by atoms with E-state index >= 15 is 0 Å². The van der Waals surface area contributed by atoms with Crippen molar-refractivity contribution in [1.29, 1.82) is 0 Å². The second-order valence-electron chi connectivity index (χ2n) is 3.87. The molecule has 1 unspecified atom stereocenters. The van der Waals surface area contributed by atoms with E-state index in [1.165, 1.54) is 11.3 Å². The Balaban J connectivity index is 2.10. The van der Waals surface area contributed by atoms with Gasteiger partial charge in [-0.05, 0) is 37.3 Å². The monoisotopic (exact) mass is 301 g/mol. The molecule has 0 saturated carbocycles. The molecule has 2 nitrogen and oxygen atoms in total. The first-order chi connectivity index (χ1) is 8.60. The first kappa shape index (κ1) is 13.5. The summed E-state index contributed by atoms with van der Waals surface area (Å²) >= 11 is 13.5.